The van der Waals surface area contributed by atoms with Gasteiger partial charge < -0.3 is 0 Å². The Morgan fingerprint density at radius 3 is 1.03 bits per heavy atom. The third-order valence-corrected chi connectivity index (χ3v) is 13.6. The van der Waals surface area contributed by atoms with E-state index in [1.807, 2.05) is 0 Å². The van der Waals surface area contributed by atoms with Gasteiger partial charge in [0, 0.05) is 0 Å². The monoisotopic (exact) mass is 636 g/mol. The van der Waals surface area contributed by atoms with E-state index in [1.165, 1.54) is 43.8 Å². The van der Waals surface area contributed by atoms with E-state index in [4.69, 9.17) is 18.6 Å². The van der Waals surface area contributed by atoms with Crippen LogP contribution in [-0.4, -0.2) is 22.6 Å². The zero-order chi connectivity index (χ0) is 29.6. The molecule has 4 aromatic rings. The van der Waals surface area contributed by atoms with Crippen molar-refractivity contribution in [1.82, 2.24) is 0 Å². The molecule has 0 saturated carbocycles. The van der Waals surface area contributed by atoms with E-state index in [0.29, 0.717) is 0 Å². The van der Waals surface area contributed by atoms with Gasteiger partial charge in [-0.25, -0.2) is 0 Å². The van der Waals surface area contributed by atoms with E-state index in [2.05, 4.69) is 132 Å². The quantitative estimate of drug-likeness (QED) is 0.112. The number of hydrogen-bond acceptors (Lipinski definition) is 0. The molecule has 0 fully saturated rings. The van der Waals surface area contributed by atoms with Crippen LogP contribution in [0.15, 0.2) is 48.5 Å². The molecule has 0 N–H and O–H groups in total. The Bertz CT molecular complexity index is 1130. The molecule has 0 spiro atoms. The topological polar surface area (TPSA) is 0 Å². The molecule has 0 aromatic heterocycles. The molecule has 0 aliphatic heterocycles. The van der Waals surface area contributed by atoms with Crippen LogP contribution in [0.1, 0.15) is 77.6 Å². The zero-order valence-electron chi connectivity index (χ0n) is 26.1. The molecule has 0 aliphatic carbocycles. The summed E-state index contributed by atoms with van der Waals surface area (Å²) in [4.78, 5) is 0. The second-order valence-corrected chi connectivity index (χ2v) is 21.1. The van der Waals surface area contributed by atoms with Gasteiger partial charge in [-0.15, -0.1) is 67.5 Å². The SMILES string of the molecule is Cc1ccc(C)c2[cH-]c(P(C(C)C)C(C)C)cc12.Cc1ccc(C)c2[cH-]c(P(C(C)C)C(C)C)cc12.[Cl][Ti][Cl]. The van der Waals surface area contributed by atoms with Crippen LogP contribution in [0.4, 0.5) is 0 Å². The summed E-state index contributed by atoms with van der Waals surface area (Å²) in [7, 11) is 9.69. The molecule has 0 bridgehead atoms. The summed E-state index contributed by atoms with van der Waals surface area (Å²) in [6.45, 7) is 27.8. The molecule has 0 aliphatic rings. The minimum atomic E-state index is -0.556. The molecule has 0 atom stereocenters. The molecule has 0 radical (unpaired) electrons. The van der Waals surface area contributed by atoms with Crippen molar-refractivity contribution in [3.05, 3.63) is 70.8 Å². The molecular weight excluding hydrogens is 589 g/mol. The van der Waals surface area contributed by atoms with Crippen LogP contribution in [0.3, 0.4) is 0 Å². The molecule has 4 aromatic carbocycles. The molecule has 4 rings (SSSR count). The number of halogens is 2. The van der Waals surface area contributed by atoms with Crippen LogP contribution in [0, 0.1) is 27.7 Å². The molecule has 0 unspecified atom stereocenters. The van der Waals surface area contributed by atoms with Crippen LogP contribution in [0.2, 0.25) is 0 Å². The second-order valence-electron chi connectivity index (χ2n) is 11.7. The molecule has 0 nitrogen and oxygen atoms in total. The number of benzene rings is 2. The number of rotatable bonds is 6. The fraction of sp³-hybridized carbons (Fsp3) is 0.471. The first-order chi connectivity index (χ1) is 18.2. The van der Waals surface area contributed by atoms with Crippen LogP contribution in [-0.2, 0) is 17.0 Å². The Labute approximate surface area is 258 Å². The van der Waals surface area contributed by atoms with Crippen molar-refractivity contribution in [1.29, 1.82) is 0 Å². The third-order valence-electron chi connectivity index (χ3n) is 7.44. The Hall–Kier alpha value is -0.186. The summed E-state index contributed by atoms with van der Waals surface area (Å²) in [6, 6.07) is 18.8. The summed E-state index contributed by atoms with van der Waals surface area (Å²) in [6.07, 6.45) is 0. The number of fused-ring (bicyclic) bond motifs is 2. The molecular formula is C34H48Cl2P2Ti-2. The van der Waals surface area contributed by atoms with Crippen molar-refractivity contribution in [2.45, 2.75) is 106 Å². The van der Waals surface area contributed by atoms with Gasteiger partial charge >= 0.3 is 35.6 Å². The van der Waals surface area contributed by atoms with E-state index in [0.717, 1.165) is 22.6 Å². The van der Waals surface area contributed by atoms with Gasteiger partial charge in [0.1, 0.15) is 0 Å². The summed E-state index contributed by atoms with van der Waals surface area (Å²) in [5, 5.41) is 9.00. The van der Waals surface area contributed by atoms with Gasteiger partial charge in [0.15, 0.2) is 0 Å². The summed E-state index contributed by atoms with van der Waals surface area (Å²) >= 11 is -0.556. The Kier molecular flexibility index (Phi) is 14.3. The third kappa shape index (κ3) is 8.90. The zero-order valence-corrected chi connectivity index (χ0v) is 30.9. The van der Waals surface area contributed by atoms with Crippen LogP contribution in [0.5, 0.6) is 0 Å². The van der Waals surface area contributed by atoms with Crippen molar-refractivity contribution in [2.75, 3.05) is 0 Å². The van der Waals surface area contributed by atoms with Gasteiger partial charge in [-0.1, -0.05) is 108 Å². The van der Waals surface area contributed by atoms with Gasteiger partial charge in [0.2, 0.25) is 0 Å². The number of hydrogen-bond donors (Lipinski definition) is 0. The average molecular weight is 637 g/mol. The Balaban J connectivity index is 0.000000249. The standard InChI is InChI=1S/2C17H24P.2ClH.Ti/c2*1-11(2)18(12(3)4)15-9-16-13(5)7-8-14(6)17(16)10-15;;;/h2*7-12H,1-6H3;2*1H;/q2*-1;;;+2/p-2. The predicted molar refractivity (Wildman–Crippen MR) is 183 cm³/mol. The minimum absolute atomic E-state index is 0.0453. The van der Waals surface area contributed by atoms with Crippen LogP contribution in [0.25, 0.3) is 21.5 Å². The van der Waals surface area contributed by atoms with Crippen molar-refractivity contribution in [3.8, 4) is 0 Å². The molecule has 214 valence electrons. The first-order valence-electron chi connectivity index (χ1n) is 14.1. The maximum absolute atomic E-state index is 4.89. The van der Waals surface area contributed by atoms with Gasteiger partial charge in [-0.05, 0) is 36.5 Å². The van der Waals surface area contributed by atoms with Crippen LogP contribution >= 0.6 is 34.5 Å². The van der Waals surface area contributed by atoms with Gasteiger partial charge in [0.05, 0.1) is 0 Å². The normalized spacial score (nSPS) is 11.7. The fourth-order valence-electron chi connectivity index (χ4n) is 5.83. The molecule has 0 saturated heterocycles. The van der Waals surface area contributed by atoms with E-state index in [-0.39, 0.29) is 15.8 Å². The molecule has 39 heavy (non-hydrogen) atoms. The van der Waals surface area contributed by atoms with E-state index >= 15 is 0 Å². The van der Waals surface area contributed by atoms with Crippen molar-refractivity contribution < 1.29 is 17.0 Å². The molecule has 0 amide bonds. The molecule has 0 heterocycles. The van der Waals surface area contributed by atoms with Crippen molar-refractivity contribution >= 4 is 66.6 Å². The summed E-state index contributed by atoms with van der Waals surface area (Å²) in [5.74, 6) is 0. The van der Waals surface area contributed by atoms with E-state index in [1.54, 1.807) is 10.6 Å². The van der Waals surface area contributed by atoms with Gasteiger partial charge in [0.25, 0.3) is 0 Å². The fourth-order valence-corrected chi connectivity index (χ4v) is 11.7. The molecule has 5 heteroatoms. The Morgan fingerprint density at radius 2 is 0.795 bits per heavy atom. The number of aryl methyl sites for hydroxylation is 4. The van der Waals surface area contributed by atoms with E-state index in [9.17, 15) is 0 Å². The van der Waals surface area contributed by atoms with Crippen molar-refractivity contribution in [2.24, 2.45) is 0 Å². The predicted octanol–water partition coefficient (Wildman–Crippen LogP) is 11.6. The van der Waals surface area contributed by atoms with Crippen molar-refractivity contribution in [3.63, 3.8) is 0 Å². The van der Waals surface area contributed by atoms with E-state index < -0.39 is 17.0 Å². The first kappa shape index (κ1) is 35.0. The van der Waals surface area contributed by atoms with Gasteiger partial charge in [-0.3, -0.25) is 0 Å². The van der Waals surface area contributed by atoms with Crippen LogP contribution < -0.4 is 10.6 Å². The summed E-state index contributed by atoms with van der Waals surface area (Å²) < 4.78 is 0. The average Bonchev–Trinajstić information content (AvgIpc) is 3.46. The van der Waals surface area contributed by atoms with Gasteiger partial charge in [-0.2, -0.15) is 12.1 Å². The maximum atomic E-state index is 4.89. The first-order valence-corrected chi connectivity index (χ1v) is 21.4. The summed E-state index contributed by atoms with van der Waals surface area (Å²) in [5.41, 5.74) is 8.67. The second kappa shape index (κ2) is 15.9. The Morgan fingerprint density at radius 1 is 0.538 bits per heavy atom.